The second kappa shape index (κ2) is 5.31. The van der Waals surface area contributed by atoms with Crippen LogP contribution in [0.3, 0.4) is 0 Å². The molecule has 1 aromatic carbocycles. The van der Waals surface area contributed by atoms with E-state index < -0.39 is 0 Å². The van der Waals surface area contributed by atoms with Crippen molar-refractivity contribution in [2.75, 3.05) is 0 Å². The van der Waals surface area contributed by atoms with Gasteiger partial charge in [0.2, 0.25) is 0 Å². The predicted molar refractivity (Wildman–Crippen MR) is 85.9 cm³/mol. The predicted octanol–water partition coefficient (Wildman–Crippen LogP) is 4.31. The first-order valence-electron chi connectivity index (χ1n) is 7.44. The summed E-state index contributed by atoms with van der Waals surface area (Å²) in [6, 6.07) is 7.39. The molecule has 2 aliphatic heterocycles. The van der Waals surface area contributed by atoms with Crippen LogP contribution >= 0.6 is 23.2 Å². The molecule has 3 nitrogen and oxygen atoms in total. The van der Waals surface area contributed by atoms with Crippen molar-refractivity contribution in [2.45, 2.75) is 43.8 Å². The van der Waals surface area contributed by atoms with E-state index in [1.165, 1.54) is 12.8 Å². The maximum atomic E-state index is 6.36. The summed E-state index contributed by atoms with van der Waals surface area (Å²) >= 11 is 12.5. The number of nitrogens with one attached hydrogen (secondary N) is 1. The highest BCUT2D eigenvalue weighted by Crippen LogP contribution is 2.38. The minimum Gasteiger partial charge on any atom is -0.327 e. The highest BCUT2D eigenvalue weighted by molar-refractivity contribution is 6.35. The molecule has 21 heavy (non-hydrogen) atoms. The van der Waals surface area contributed by atoms with Gasteiger partial charge in [-0.2, -0.15) is 0 Å². The number of halogens is 2. The third kappa shape index (κ3) is 2.48. The summed E-state index contributed by atoms with van der Waals surface area (Å²) in [6.07, 6.45) is 8.74. The lowest BCUT2D eigenvalue weighted by molar-refractivity contribution is 0.300. The van der Waals surface area contributed by atoms with Crippen molar-refractivity contribution in [1.82, 2.24) is 14.9 Å². The van der Waals surface area contributed by atoms with Crippen molar-refractivity contribution >= 4 is 23.2 Å². The first kappa shape index (κ1) is 13.6. The molecule has 2 saturated heterocycles. The number of hydrogen-bond acceptors (Lipinski definition) is 2. The number of benzene rings is 1. The van der Waals surface area contributed by atoms with Crippen LogP contribution in [0.2, 0.25) is 10.0 Å². The summed E-state index contributed by atoms with van der Waals surface area (Å²) in [6.45, 7) is 0. The SMILES string of the molecule is Clc1ccc(Cl)c(-c2cncn2C2CC3CCC(C2)N3)c1. The van der Waals surface area contributed by atoms with E-state index in [0.717, 1.165) is 29.1 Å². The summed E-state index contributed by atoms with van der Waals surface area (Å²) in [4.78, 5) is 4.36. The van der Waals surface area contributed by atoms with Gasteiger partial charge >= 0.3 is 0 Å². The van der Waals surface area contributed by atoms with E-state index in [0.29, 0.717) is 23.1 Å². The van der Waals surface area contributed by atoms with Gasteiger partial charge in [0.15, 0.2) is 0 Å². The Labute approximate surface area is 134 Å². The molecule has 2 aliphatic rings. The molecule has 0 amide bonds. The zero-order chi connectivity index (χ0) is 14.4. The van der Waals surface area contributed by atoms with Gasteiger partial charge in [-0.05, 0) is 43.9 Å². The number of fused-ring (bicyclic) bond motifs is 2. The van der Waals surface area contributed by atoms with Crippen LogP contribution in [0.15, 0.2) is 30.7 Å². The van der Waals surface area contributed by atoms with Crippen LogP contribution in [0.4, 0.5) is 0 Å². The molecule has 1 aromatic heterocycles. The third-order valence-electron chi connectivity index (χ3n) is 4.71. The number of piperidine rings is 1. The lowest BCUT2D eigenvalue weighted by Gasteiger charge is -2.31. The maximum Gasteiger partial charge on any atom is 0.0953 e. The van der Waals surface area contributed by atoms with Gasteiger partial charge in [-0.3, -0.25) is 0 Å². The summed E-state index contributed by atoms with van der Waals surface area (Å²) < 4.78 is 2.28. The fraction of sp³-hybridized carbons (Fsp3) is 0.438. The summed E-state index contributed by atoms with van der Waals surface area (Å²) in [7, 11) is 0. The monoisotopic (exact) mass is 321 g/mol. The van der Waals surface area contributed by atoms with Crippen molar-refractivity contribution in [1.29, 1.82) is 0 Å². The second-order valence-electron chi connectivity index (χ2n) is 6.07. The molecule has 2 bridgehead atoms. The van der Waals surface area contributed by atoms with E-state index in [9.17, 15) is 0 Å². The second-order valence-corrected chi connectivity index (χ2v) is 6.92. The number of aromatic nitrogens is 2. The Morgan fingerprint density at radius 3 is 2.67 bits per heavy atom. The van der Waals surface area contributed by atoms with E-state index in [1.54, 1.807) is 0 Å². The fourth-order valence-electron chi connectivity index (χ4n) is 3.75. The van der Waals surface area contributed by atoms with Gasteiger partial charge in [0, 0.05) is 28.7 Å². The van der Waals surface area contributed by atoms with Gasteiger partial charge in [-0.1, -0.05) is 23.2 Å². The first-order chi connectivity index (χ1) is 10.2. The van der Waals surface area contributed by atoms with Crippen LogP contribution in [0.1, 0.15) is 31.7 Å². The van der Waals surface area contributed by atoms with Gasteiger partial charge in [0.1, 0.15) is 0 Å². The highest BCUT2D eigenvalue weighted by Gasteiger charge is 2.34. The lowest BCUT2D eigenvalue weighted by Crippen LogP contribution is -2.38. The van der Waals surface area contributed by atoms with E-state index in [4.69, 9.17) is 23.2 Å². The van der Waals surface area contributed by atoms with Crippen molar-refractivity contribution < 1.29 is 0 Å². The molecule has 0 spiro atoms. The van der Waals surface area contributed by atoms with Gasteiger partial charge < -0.3 is 9.88 Å². The van der Waals surface area contributed by atoms with Gasteiger partial charge in [-0.15, -0.1) is 0 Å². The number of rotatable bonds is 2. The summed E-state index contributed by atoms with van der Waals surface area (Å²) in [5, 5.41) is 5.10. The van der Waals surface area contributed by atoms with Crippen LogP contribution in [0, 0.1) is 0 Å². The van der Waals surface area contributed by atoms with Gasteiger partial charge in [0.25, 0.3) is 0 Å². The Kier molecular flexibility index (Phi) is 3.44. The Morgan fingerprint density at radius 1 is 1.14 bits per heavy atom. The Morgan fingerprint density at radius 2 is 1.90 bits per heavy atom. The molecule has 1 N–H and O–H groups in total. The molecule has 3 heterocycles. The van der Waals surface area contributed by atoms with Crippen molar-refractivity contribution in [2.24, 2.45) is 0 Å². The molecule has 110 valence electrons. The average molecular weight is 322 g/mol. The van der Waals surface area contributed by atoms with E-state index in [1.807, 2.05) is 30.7 Å². The van der Waals surface area contributed by atoms with E-state index in [2.05, 4.69) is 14.9 Å². The van der Waals surface area contributed by atoms with Crippen molar-refractivity contribution in [3.63, 3.8) is 0 Å². The molecular weight excluding hydrogens is 305 g/mol. The molecule has 0 radical (unpaired) electrons. The zero-order valence-corrected chi connectivity index (χ0v) is 13.1. The van der Waals surface area contributed by atoms with Crippen LogP contribution in [0.5, 0.6) is 0 Å². The van der Waals surface area contributed by atoms with Gasteiger partial charge in [-0.25, -0.2) is 4.98 Å². The zero-order valence-electron chi connectivity index (χ0n) is 11.6. The lowest BCUT2D eigenvalue weighted by atomic mass is 9.99. The molecule has 2 atom stereocenters. The number of imidazole rings is 1. The van der Waals surface area contributed by atoms with Crippen LogP contribution in [-0.2, 0) is 0 Å². The minimum absolute atomic E-state index is 0.497. The standard InChI is InChI=1S/C16H17Cl2N3/c17-10-1-4-15(18)14(5-10)16-8-19-9-21(16)13-6-11-2-3-12(7-13)20-11/h1,4-5,8-9,11-13,20H,2-3,6-7H2. The summed E-state index contributed by atoms with van der Waals surface area (Å²) in [5.74, 6) is 0. The molecule has 2 fully saturated rings. The maximum absolute atomic E-state index is 6.36. The van der Waals surface area contributed by atoms with Crippen molar-refractivity contribution in [3.8, 4) is 11.3 Å². The fourth-order valence-corrected chi connectivity index (χ4v) is 4.14. The molecule has 0 aliphatic carbocycles. The Bertz CT molecular complexity index is 655. The number of nitrogens with zero attached hydrogens (tertiary/aromatic N) is 2. The minimum atomic E-state index is 0.497. The molecule has 4 rings (SSSR count). The van der Waals surface area contributed by atoms with Crippen LogP contribution in [0.25, 0.3) is 11.3 Å². The average Bonchev–Trinajstić information content (AvgIpc) is 3.08. The molecule has 2 unspecified atom stereocenters. The normalized spacial score (nSPS) is 28.0. The topological polar surface area (TPSA) is 29.9 Å². The summed E-state index contributed by atoms with van der Waals surface area (Å²) in [5.41, 5.74) is 2.03. The number of hydrogen-bond donors (Lipinski definition) is 1. The molecule has 5 heteroatoms. The van der Waals surface area contributed by atoms with E-state index >= 15 is 0 Å². The first-order valence-corrected chi connectivity index (χ1v) is 8.19. The van der Waals surface area contributed by atoms with Crippen LogP contribution in [-0.4, -0.2) is 21.6 Å². The molecule has 0 saturated carbocycles. The quantitative estimate of drug-likeness (QED) is 0.893. The van der Waals surface area contributed by atoms with Crippen molar-refractivity contribution in [3.05, 3.63) is 40.8 Å². The Balaban J connectivity index is 1.72. The highest BCUT2D eigenvalue weighted by atomic mass is 35.5. The largest absolute Gasteiger partial charge is 0.327 e. The molecule has 2 aromatic rings. The Hall–Kier alpha value is -1.03. The van der Waals surface area contributed by atoms with Gasteiger partial charge in [0.05, 0.1) is 23.2 Å². The van der Waals surface area contributed by atoms with E-state index in [-0.39, 0.29) is 0 Å². The molecular formula is C16H17Cl2N3. The smallest absolute Gasteiger partial charge is 0.0953 e. The van der Waals surface area contributed by atoms with Crippen LogP contribution < -0.4 is 5.32 Å². The third-order valence-corrected chi connectivity index (χ3v) is 5.28.